The fourth-order valence-corrected chi connectivity index (χ4v) is 8.66. The van der Waals surface area contributed by atoms with E-state index < -0.39 is 0 Å². The second-order valence-electron chi connectivity index (χ2n) is 14.3. The SMILES string of the molecule is CC1(C)c2cccc3c2-c2c1ccc1c4c(-c5nc(-c6ccccc6)nc(-c6ccc(-c7cccnc7)cc6)n5)cccc4n(c21)-c1ccccc1-3. The first kappa shape index (κ1) is 29.1. The molecular weight excluding hydrogens is 635 g/mol. The molecule has 0 saturated heterocycles. The van der Waals surface area contributed by atoms with E-state index in [0.717, 1.165) is 38.7 Å². The van der Waals surface area contributed by atoms with E-state index in [1.54, 1.807) is 6.20 Å². The van der Waals surface area contributed by atoms with Crippen LogP contribution in [0.5, 0.6) is 0 Å². The van der Waals surface area contributed by atoms with Gasteiger partial charge in [0.25, 0.3) is 0 Å². The van der Waals surface area contributed by atoms with Crippen LogP contribution in [0.25, 0.3) is 95.0 Å². The van der Waals surface area contributed by atoms with Crippen LogP contribution >= 0.6 is 0 Å². The highest BCUT2D eigenvalue weighted by molar-refractivity contribution is 6.22. The van der Waals surface area contributed by atoms with Gasteiger partial charge in [-0.05, 0) is 51.6 Å². The summed E-state index contributed by atoms with van der Waals surface area (Å²) in [7, 11) is 0. The number of fused-ring (bicyclic) bond motifs is 6. The lowest BCUT2D eigenvalue weighted by molar-refractivity contribution is 0.661. The van der Waals surface area contributed by atoms with E-state index in [4.69, 9.17) is 15.0 Å². The highest BCUT2D eigenvalue weighted by atomic mass is 15.0. The van der Waals surface area contributed by atoms with Gasteiger partial charge in [-0.2, -0.15) is 0 Å². The van der Waals surface area contributed by atoms with Gasteiger partial charge in [0.1, 0.15) is 0 Å². The molecule has 3 aromatic heterocycles. The largest absolute Gasteiger partial charge is 0.308 e. The Balaban J connectivity index is 1.20. The van der Waals surface area contributed by atoms with E-state index in [0.29, 0.717) is 17.5 Å². The summed E-state index contributed by atoms with van der Waals surface area (Å²) >= 11 is 0. The van der Waals surface area contributed by atoms with Gasteiger partial charge in [0.2, 0.25) is 0 Å². The molecule has 9 aromatic rings. The smallest absolute Gasteiger partial charge is 0.164 e. The second-order valence-corrected chi connectivity index (χ2v) is 14.3. The predicted octanol–water partition coefficient (Wildman–Crippen LogP) is 11.3. The number of aromatic nitrogens is 5. The molecule has 0 N–H and O–H groups in total. The number of pyridine rings is 1. The lowest BCUT2D eigenvalue weighted by Crippen LogP contribution is -2.15. The summed E-state index contributed by atoms with van der Waals surface area (Å²) < 4.78 is 2.49. The minimum absolute atomic E-state index is 0.120. The molecule has 2 aliphatic rings. The maximum absolute atomic E-state index is 5.24. The molecule has 52 heavy (non-hydrogen) atoms. The fourth-order valence-electron chi connectivity index (χ4n) is 8.66. The van der Waals surface area contributed by atoms with Crippen molar-refractivity contribution >= 4 is 21.8 Å². The van der Waals surface area contributed by atoms with Gasteiger partial charge < -0.3 is 4.57 Å². The molecule has 244 valence electrons. The molecule has 5 nitrogen and oxygen atoms in total. The zero-order valence-corrected chi connectivity index (χ0v) is 28.7. The monoisotopic (exact) mass is 665 g/mol. The topological polar surface area (TPSA) is 56.5 Å². The molecule has 11 rings (SSSR count). The van der Waals surface area contributed by atoms with Crippen LogP contribution in [0.3, 0.4) is 0 Å². The average Bonchev–Trinajstić information content (AvgIpc) is 3.62. The maximum Gasteiger partial charge on any atom is 0.164 e. The Morgan fingerprint density at radius 3 is 1.94 bits per heavy atom. The van der Waals surface area contributed by atoms with Gasteiger partial charge in [-0.25, -0.2) is 15.0 Å². The van der Waals surface area contributed by atoms with E-state index in [1.165, 1.54) is 50.0 Å². The van der Waals surface area contributed by atoms with Crippen molar-refractivity contribution < 1.29 is 0 Å². The van der Waals surface area contributed by atoms with E-state index in [-0.39, 0.29) is 5.41 Å². The summed E-state index contributed by atoms with van der Waals surface area (Å²) in [5.74, 6) is 1.93. The number of benzene rings is 6. The second kappa shape index (κ2) is 10.6. The summed E-state index contributed by atoms with van der Waals surface area (Å²) in [6, 6.07) is 49.5. The van der Waals surface area contributed by atoms with Crippen molar-refractivity contribution in [1.29, 1.82) is 0 Å². The van der Waals surface area contributed by atoms with E-state index in [2.05, 4.69) is 139 Å². The minimum atomic E-state index is -0.120. The Labute approximate surface area is 301 Å². The molecule has 0 atom stereocenters. The van der Waals surface area contributed by atoms with Crippen molar-refractivity contribution in [3.05, 3.63) is 163 Å². The third-order valence-corrected chi connectivity index (χ3v) is 11.1. The fraction of sp³-hybridized carbons (Fsp3) is 0.0638. The summed E-state index contributed by atoms with van der Waals surface area (Å²) in [5.41, 5.74) is 16.4. The van der Waals surface area contributed by atoms with E-state index in [1.807, 2.05) is 30.5 Å². The Bertz CT molecular complexity index is 2910. The van der Waals surface area contributed by atoms with Crippen LogP contribution in [-0.2, 0) is 5.41 Å². The zero-order valence-electron chi connectivity index (χ0n) is 28.7. The first-order chi connectivity index (χ1) is 25.6. The van der Waals surface area contributed by atoms with Gasteiger partial charge in [-0.1, -0.05) is 135 Å². The summed E-state index contributed by atoms with van der Waals surface area (Å²) in [5, 5.41) is 2.34. The third kappa shape index (κ3) is 3.99. The Morgan fingerprint density at radius 2 is 1.13 bits per heavy atom. The van der Waals surface area contributed by atoms with Crippen molar-refractivity contribution in [2.75, 3.05) is 0 Å². The van der Waals surface area contributed by atoms with Crippen molar-refractivity contribution in [3.63, 3.8) is 0 Å². The highest BCUT2D eigenvalue weighted by Gasteiger charge is 2.41. The molecular formula is C47H31N5. The summed E-state index contributed by atoms with van der Waals surface area (Å²) in [4.78, 5) is 19.8. The molecule has 4 heterocycles. The quantitative estimate of drug-likeness (QED) is 0.188. The number of para-hydroxylation sites is 1. The number of nitrogens with zero attached hydrogens (tertiary/aromatic N) is 5. The standard InChI is InChI=1S/C47H31N5/c1-47(2)36-17-8-15-33-32-14-6-7-18-38(32)52-39-19-9-16-35(40(39)34-24-25-37(47)42(41(33)36)43(34)52)46-50-44(29-11-4-3-5-12-29)49-45(51-46)30-22-20-28(21-23-30)31-13-10-26-48-27-31/h3-27H,1-2H3. The lowest BCUT2D eigenvalue weighted by Gasteiger charge is -2.22. The zero-order chi connectivity index (χ0) is 34.6. The van der Waals surface area contributed by atoms with Gasteiger partial charge in [-0.3, -0.25) is 4.98 Å². The molecule has 1 aliphatic carbocycles. The van der Waals surface area contributed by atoms with Crippen LogP contribution in [0, 0.1) is 0 Å². The van der Waals surface area contributed by atoms with Crippen LogP contribution in [-0.4, -0.2) is 24.5 Å². The van der Waals surface area contributed by atoms with Gasteiger partial charge >= 0.3 is 0 Å². The molecule has 0 fully saturated rings. The lowest BCUT2D eigenvalue weighted by atomic mass is 9.81. The average molecular weight is 666 g/mol. The predicted molar refractivity (Wildman–Crippen MR) is 210 cm³/mol. The number of rotatable bonds is 4. The summed E-state index contributed by atoms with van der Waals surface area (Å²) in [6.07, 6.45) is 3.68. The van der Waals surface area contributed by atoms with Gasteiger partial charge in [0, 0.05) is 56.4 Å². The first-order valence-electron chi connectivity index (χ1n) is 17.7. The van der Waals surface area contributed by atoms with Crippen LogP contribution in [0.15, 0.2) is 152 Å². The molecule has 0 bridgehead atoms. The number of hydrogen-bond acceptors (Lipinski definition) is 4. The van der Waals surface area contributed by atoms with Crippen LogP contribution in [0.1, 0.15) is 25.0 Å². The molecule has 0 saturated carbocycles. The van der Waals surface area contributed by atoms with Gasteiger partial charge in [0.15, 0.2) is 17.5 Å². The maximum atomic E-state index is 5.24. The molecule has 0 amide bonds. The molecule has 0 unspecified atom stereocenters. The minimum Gasteiger partial charge on any atom is -0.308 e. The highest BCUT2D eigenvalue weighted by Crippen LogP contribution is 2.58. The van der Waals surface area contributed by atoms with Crippen molar-refractivity contribution in [2.45, 2.75) is 19.3 Å². The third-order valence-electron chi connectivity index (χ3n) is 11.1. The molecule has 0 radical (unpaired) electrons. The Hall–Kier alpha value is -6.72. The first-order valence-corrected chi connectivity index (χ1v) is 17.7. The molecule has 6 aromatic carbocycles. The normalized spacial score (nSPS) is 13.3. The Kier molecular flexibility index (Phi) is 5.95. The van der Waals surface area contributed by atoms with Crippen LogP contribution in [0.2, 0.25) is 0 Å². The number of hydrogen-bond donors (Lipinski definition) is 0. The van der Waals surface area contributed by atoms with Crippen LogP contribution in [0.4, 0.5) is 0 Å². The van der Waals surface area contributed by atoms with E-state index >= 15 is 0 Å². The summed E-state index contributed by atoms with van der Waals surface area (Å²) in [6.45, 7) is 4.72. The van der Waals surface area contributed by atoms with Crippen molar-refractivity contribution in [3.8, 4) is 73.2 Å². The van der Waals surface area contributed by atoms with Gasteiger partial charge in [-0.15, -0.1) is 0 Å². The van der Waals surface area contributed by atoms with Crippen molar-refractivity contribution in [1.82, 2.24) is 24.5 Å². The molecule has 1 aliphatic heterocycles. The van der Waals surface area contributed by atoms with Gasteiger partial charge in [0.05, 0.1) is 16.7 Å². The molecule has 0 spiro atoms. The van der Waals surface area contributed by atoms with Crippen molar-refractivity contribution in [2.24, 2.45) is 0 Å². The van der Waals surface area contributed by atoms with E-state index in [9.17, 15) is 0 Å². The molecule has 5 heteroatoms. The Morgan fingerprint density at radius 1 is 0.481 bits per heavy atom. The van der Waals surface area contributed by atoms with Crippen LogP contribution < -0.4 is 0 Å².